The highest BCUT2D eigenvalue weighted by molar-refractivity contribution is 9.10. The van der Waals surface area contributed by atoms with E-state index >= 15 is 0 Å². The normalized spacial score (nSPS) is 10.1. The molecule has 0 N–H and O–H groups in total. The summed E-state index contributed by atoms with van der Waals surface area (Å²) in [5, 5.41) is 0.449. The molecule has 0 heterocycles. The molecule has 0 bridgehead atoms. The van der Waals surface area contributed by atoms with E-state index in [1.165, 1.54) is 0 Å². The Kier molecular flexibility index (Phi) is 4.90. The summed E-state index contributed by atoms with van der Waals surface area (Å²) in [5.41, 5.74) is 0.485. The van der Waals surface area contributed by atoms with Crippen molar-refractivity contribution in [2.45, 2.75) is 0 Å². The monoisotopic (exact) mass is 309 g/mol. The number of carbonyl (C=O) groups is 1. The van der Waals surface area contributed by atoms with E-state index < -0.39 is 0 Å². The molecule has 0 saturated heterocycles. The van der Waals surface area contributed by atoms with Gasteiger partial charge in [-0.25, -0.2) is 0 Å². The molecule has 5 heteroatoms. The number of hydrogen-bond donors (Lipinski definition) is 0. The third kappa shape index (κ3) is 3.37. The SMILES string of the molecule is CN(CCCl)C(=O)c1cc(Br)ccc1Cl. The van der Waals surface area contributed by atoms with E-state index in [2.05, 4.69) is 15.9 Å². The zero-order chi connectivity index (χ0) is 11.4. The minimum absolute atomic E-state index is 0.123. The molecule has 0 aliphatic carbocycles. The van der Waals surface area contributed by atoms with Crippen molar-refractivity contribution >= 4 is 45.0 Å². The van der Waals surface area contributed by atoms with Crippen LogP contribution in [0.2, 0.25) is 5.02 Å². The maximum absolute atomic E-state index is 11.9. The van der Waals surface area contributed by atoms with Gasteiger partial charge in [0.15, 0.2) is 0 Å². The van der Waals surface area contributed by atoms with Gasteiger partial charge in [0, 0.05) is 23.9 Å². The lowest BCUT2D eigenvalue weighted by atomic mass is 10.2. The molecule has 1 aromatic rings. The van der Waals surface area contributed by atoms with Crippen LogP contribution < -0.4 is 0 Å². The maximum Gasteiger partial charge on any atom is 0.255 e. The third-order valence-electron chi connectivity index (χ3n) is 1.93. The highest BCUT2D eigenvalue weighted by Gasteiger charge is 2.14. The first-order chi connectivity index (χ1) is 7.06. The van der Waals surface area contributed by atoms with E-state index in [-0.39, 0.29) is 5.91 Å². The molecule has 0 unspecified atom stereocenters. The molecule has 0 saturated carbocycles. The van der Waals surface area contributed by atoms with Crippen LogP contribution in [0.15, 0.2) is 22.7 Å². The Balaban J connectivity index is 2.95. The van der Waals surface area contributed by atoms with Crippen LogP contribution in [0.4, 0.5) is 0 Å². The van der Waals surface area contributed by atoms with E-state index in [4.69, 9.17) is 23.2 Å². The lowest BCUT2D eigenvalue weighted by Gasteiger charge is -2.16. The van der Waals surface area contributed by atoms with Crippen LogP contribution >= 0.6 is 39.1 Å². The van der Waals surface area contributed by atoms with Gasteiger partial charge in [0.25, 0.3) is 5.91 Å². The van der Waals surface area contributed by atoms with Crippen molar-refractivity contribution in [2.24, 2.45) is 0 Å². The number of carbonyl (C=O) groups excluding carboxylic acids is 1. The number of nitrogens with zero attached hydrogens (tertiary/aromatic N) is 1. The van der Waals surface area contributed by atoms with Crippen LogP contribution in [-0.2, 0) is 0 Å². The summed E-state index contributed by atoms with van der Waals surface area (Å²) < 4.78 is 0.828. The number of alkyl halides is 1. The predicted octanol–water partition coefficient (Wildman–Crippen LogP) is 3.41. The summed E-state index contributed by atoms with van der Waals surface area (Å²) in [6.07, 6.45) is 0. The molecule has 1 rings (SSSR count). The van der Waals surface area contributed by atoms with Crippen LogP contribution in [0.3, 0.4) is 0 Å². The van der Waals surface area contributed by atoms with Crippen LogP contribution in [0.1, 0.15) is 10.4 Å². The van der Waals surface area contributed by atoms with Crippen LogP contribution in [-0.4, -0.2) is 30.3 Å². The van der Waals surface area contributed by atoms with Gasteiger partial charge in [-0.05, 0) is 18.2 Å². The van der Waals surface area contributed by atoms with Crippen molar-refractivity contribution in [1.82, 2.24) is 4.90 Å². The van der Waals surface area contributed by atoms with Gasteiger partial charge in [-0.1, -0.05) is 27.5 Å². The molecule has 1 aromatic carbocycles. The summed E-state index contributed by atoms with van der Waals surface area (Å²) >= 11 is 14.8. The smallest absolute Gasteiger partial charge is 0.255 e. The fraction of sp³-hybridized carbons (Fsp3) is 0.300. The summed E-state index contributed by atoms with van der Waals surface area (Å²) in [6.45, 7) is 0.503. The average molecular weight is 311 g/mol. The Morgan fingerprint density at radius 1 is 1.53 bits per heavy atom. The van der Waals surface area contributed by atoms with E-state index in [1.54, 1.807) is 30.1 Å². The molecule has 2 nitrogen and oxygen atoms in total. The molecule has 0 fully saturated rings. The summed E-state index contributed by atoms with van der Waals surface area (Å²) in [4.78, 5) is 13.4. The molecule has 0 atom stereocenters. The standard InChI is InChI=1S/C10H10BrCl2NO/c1-14(5-4-12)10(15)8-6-7(11)2-3-9(8)13/h2-3,6H,4-5H2,1H3. The van der Waals surface area contributed by atoms with Gasteiger partial charge in [0.2, 0.25) is 0 Å². The van der Waals surface area contributed by atoms with Gasteiger partial charge in [-0.3, -0.25) is 4.79 Å². The van der Waals surface area contributed by atoms with Crippen LogP contribution in [0.5, 0.6) is 0 Å². The van der Waals surface area contributed by atoms with Gasteiger partial charge in [-0.2, -0.15) is 0 Å². The second kappa shape index (κ2) is 5.73. The van der Waals surface area contributed by atoms with Gasteiger partial charge >= 0.3 is 0 Å². The minimum atomic E-state index is -0.123. The zero-order valence-electron chi connectivity index (χ0n) is 8.14. The molecular weight excluding hydrogens is 301 g/mol. The first-order valence-electron chi connectivity index (χ1n) is 4.32. The van der Waals surface area contributed by atoms with E-state index in [0.29, 0.717) is 23.0 Å². The first kappa shape index (κ1) is 12.8. The summed E-state index contributed by atoms with van der Waals surface area (Å²) in [7, 11) is 1.70. The van der Waals surface area contributed by atoms with Crippen molar-refractivity contribution in [2.75, 3.05) is 19.5 Å². The van der Waals surface area contributed by atoms with Gasteiger partial charge in [0.05, 0.1) is 10.6 Å². The van der Waals surface area contributed by atoms with Gasteiger partial charge in [-0.15, -0.1) is 11.6 Å². The van der Waals surface area contributed by atoms with Crippen molar-refractivity contribution in [1.29, 1.82) is 0 Å². The molecule has 0 radical (unpaired) electrons. The fourth-order valence-corrected chi connectivity index (χ4v) is 1.91. The molecule has 0 aliphatic heterocycles. The number of amides is 1. The molecule has 0 aromatic heterocycles. The van der Waals surface area contributed by atoms with E-state index in [0.717, 1.165) is 4.47 Å². The maximum atomic E-state index is 11.9. The Morgan fingerprint density at radius 2 is 2.20 bits per heavy atom. The number of rotatable bonds is 3. The van der Waals surface area contributed by atoms with Crippen molar-refractivity contribution in [3.8, 4) is 0 Å². The second-order valence-corrected chi connectivity index (χ2v) is 4.74. The van der Waals surface area contributed by atoms with E-state index in [9.17, 15) is 4.79 Å². The summed E-state index contributed by atoms with van der Waals surface area (Å²) in [5.74, 6) is 0.287. The summed E-state index contributed by atoms with van der Waals surface area (Å²) in [6, 6.07) is 5.18. The van der Waals surface area contributed by atoms with Crippen molar-refractivity contribution in [3.05, 3.63) is 33.3 Å². The third-order valence-corrected chi connectivity index (χ3v) is 2.92. The Bertz CT molecular complexity index is 370. The van der Waals surface area contributed by atoms with Crippen LogP contribution in [0.25, 0.3) is 0 Å². The molecule has 1 amide bonds. The lowest BCUT2D eigenvalue weighted by Crippen LogP contribution is -2.28. The Morgan fingerprint density at radius 3 is 2.80 bits per heavy atom. The lowest BCUT2D eigenvalue weighted by molar-refractivity contribution is 0.0803. The van der Waals surface area contributed by atoms with Gasteiger partial charge < -0.3 is 4.90 Å². The second-order valence-electron chi connectivity index (χ2n) is 3.04. The number of halogens is 3. The highest BCUT2D eigenvalue weighted by atomic mass is 79.9. The molecule has 15 heavy (non-hydrogen) atoms. The quantitative estimate of drug-likeness (QED) is 0.783. The first-order valence-corrected chi connectivity index (χ1v) is 6.03. The number of hydrogen-bond acceptors (Lipinski definition) is 1. The molecule has 0 aliphatic rings. The Hall–Kier alpha value is -0.250. The fourth-order valence-electron chi connectivity index (χ4n) is 1.10. The van der Waals surface area contributed by atoms with Crippen LogP contribution in [0, 0.1) is 0 Å². The average Bonchev–Trinajstić information content (AvgIpc) is 2.21. The topological polar surface area (TPSA) is 20.3 Å². The largest absolute Gasteiger partial charge is 0.340 e. The Labute approximate surface area is 107 Å². The molecule has 0 spiro atoms. The van der Waals surface area contributed by atoms with Crippen molar-refractivity contribution < 1.29 is 4.79 Å². The highest BCUT2D eigenvalue weighted by Crippen LogP contribution is 2.22. The van der Waals surface area contributed by atoms with Gasteiger partial charge in [0.1, 0.15) is 0 Å². The molecule has 82 valence electrons. The van der Waals surface area contributed by atoms with E-state index in [1.807, 2.05) is 0 Å². The number of benzene rings is 1. The predicted molar refractivity (Wildman–Crippen MR) is 66.8 cm³/mol. The minimum Gasteiger partial charge on any atom is -0.340 e. The zero-order valence-corrected chi connectivity index (χ0v) is 11.2. The van der Waals surface area contributed by atoms with Crippen molar-refractivity contribution in [3.63, 3.8) is 0 Å². The molecular formula is C10H10BrCl2NO.